The number of cyclic esters (lactones) is 1. The van der Waals surface area contributed by atoms with Gasteiger partial charge in [0, 0.05) is 46.1 Å². The fourth-order valence-corrected chi connectivity index (χ4v) is 10.9. The van der Waals surface area contributed by atoms with E-state index in [0.717, 1.165) is 5.57 Å². The number of methoxy groups -OCH3 is 3. The number of fused-ring (bicyclic) bond motifs is 3. The van der Waals surface area contributed by atoms with Crippen LogP contribution in [-0.2, 0) is 52.4 Å². The van der Waals surface area contributed by atoms with Gasteiger partial charge in [-0.2, -0.15) is 0 Å². The minimum Gasteiger partial charge on any atom is -0.461 e. The van der Waals surface area contributed by atoms with Crippen LogP contribution in [0.4, 0.5) is 0 Å². The van der Waals surface area contributed by atoms with Crippen LogP contribution in [0.3, 0.4) is 0 Å². The van der Waals surface area contributed by atoms with Crippen molar-refractivity contribution in [3.63, 3.8) is 0 Å². The Morgan fingerprint density at radius 3 is 2.19 bits per heavy atom. The van der Waals surface area contributed by atoms with Crippen molar-refractivity contribution in [1.29, 1.82) is 0 Å². The van der Waals surface area contributed by atoms with Gasteiger partial charge in [0.05, 0.1) is 31.5 Å². The maximum atomic E-state index is 14.5. The maximum absolute atomic E-state index is 14.5. The molecule has 4 N–H and O–H groups in total. The number of aliphatic hydroxyl groups excluding tert-OH is 3. The number of rotatable bonds is 10. The third-order valence-corrected chi connectivity index (χ3v) is 15.9. The summed E-state index contributed by atoms with van der Waals surface area (Å²) in [5.41, 5.74) is 0.00315. The van der Waals surface area contributed by atoms with Gasteiger partial charge in [-0.3, -0.25) is 19.2 Å². The van der Waals surface area contributed by atoms with Gasteiger partial charge < -0.3 is 53.7 Å². The van der Waals surface area contributed by atoms with E-state index in [4.69, 9.17) is 28.4 Å². The Balaban J connectivity index is 1.66. The largest absolute Gasteiger partial charge is 0.461 e. The van der Waals surface area contributed by atoms with E-state index in [1.807, 2.05) is 71.1 Å². The van der Waals surface area contributed by atoms with Crippen molar-refractivity contribution in [2.75, 3.05) is 41.1 Å². The van der Waals surface area contributed by atoms with Gasteiger partial charge in [-0.15, -0.1) is 0 Å². The molecular formula is C56H89NO15. The fraction of sp³-hybridized carbons (Fsp3) is 0.768. The Bertz CT molecular complexity index is 1930. The first-order chi connectivity index (χ1) is 34.1. The van der Waals surface area contributed by atoms with Gasteiger partial charge in [-0.05, 0) is 133 Å². The molecule has 1 amide bonds. The van der Waals surface area contributed by atoms with Crippen molar-refractivity contribution < 1.29 is 72.8 Å². The molecule has 15 atom stereocenters. The number of hydrogen-bond donors (Lipinski definition) is 4. The van der Waals surface area contributed by atoms with E-state index in [2.05, 4.69) is 0 Å². The number of Topliss-reactive ketones (excluding diaryl/α,β-unsaturated/α-hetero) is 2. The molecular weight excluding hydrogens is 927 g/mol. The first kappa shape index (κ1) is 60.9. The molecule has 16 heteroatoms. The quantitative estimate of drug-likeness (QED) is 0.104. The van der Waals surface area contributed by atoms with Crippen LogP contribution >= 0.6 is 0 Å². The number of hydrogen-bond acceptors (Lipinski definition) is 15. The molecule has 2 bridgehead atoms. The molecule has 0 aromatic carbocycles. The normalized spacial score (nSPS) is 37.8. The molecule has 4 rings (SSSR count). The van der Waals surface area contributed by atoms with Crippen molar-refractivity contribution >= 4 is 29.4 Å². The summed E-state index contributed by atoms with van der Waals surface area (Å²) in [6.45, 7) is 13.7. The smallest absolute Gasteiger partial charge is 0.329 e. The molecule has 0 aromatic rings. The number of esters is 2. The molecule has 3 aliphatic heterocycles. The van der Waals surface area contributed by atoms with Crippen LogP contribution in [0.5, 0.6) is 0 Å². The molecule has 0 aromatic heterocycles. The van der Waals surface area contributed by atoms with Crippen LogP contribution in [0.1, 0.15) is 139 Å². The standard InChI is InChI=1S/C56H89NO15/c1-34-17-13-12-14-18-36(3)46(67-9)31-42-23-21-40(7)56(66,72-42)51(62)52(63)57-26-16-15-19-43(57)53(64)70-44(24-20-35(2)28-39(6)49(61)50(69-11)48(60)38(5)27-34)37(4)29-41-22-25-45(47(30-41)68-10)71-54(65)55(8,32-58)33-59/h12-14,17-18,28,34-35,37-38,40-47,49-50,58-59,61,66H,15-16,19-27,29-33H2,1-11H3/b14-12+,17-13+,36-18+,39-28+/t34-,35+,37-,38-,40-,41+,42+,43+,44+,45-,46+,47-,49-,50+,56-/m1/s1. The third-order valence-electron chi connectivity index (χ3n) is 15.9. The molecule has 4 aliphatic rings. The Labute approximate surface area is 428 Å². The van der Waals surface area contributed by atoms with Gasteiger partial charge in [-0.25, -0.2) is 4.79 Å². The lowest BCUT2D eigenvalue weighted by atomic mass is 9.78. The number of carbonyl (C=O) groups is 5. The summed E-state index contributed by atoms with van der Waals surface area (Å²) in [4.78, 5) is 71.2. The van der Waals surface area contributed by atoms with Gasteiger partial charge >= 0.3 is 11.9 Å². The molecule has 0 radical (unpaired) electrons. The molecule has 0 spiro atoms. The summed E-state index contributed by atoms with van der Waals surface area (Å²) in [6.07, 6.45) is 13.0. The lowest BCUT2D eigenvalue weighted by molar-refractivity contribution is -0.265. The molecule has 408 valence electrons. The summed E-state index contributed by atoms with van der Waals surface area (Å²) in [5.74, 6) is -7.40. The zero-order valence-electron chi connectivity index (χ0n) is 45.1. The van der Waals surface area contributed by atoms with Crippen LogP contribution in [0.2, 0.25) is 0 Å². The molecule has 0 unspecified atom stereocenters. The fourth-order valence-electron chi connectivity index (χ4n) is 10.9. The molecule has 72 heavy (non-hydrogen) atoms. The van der Waals surface area contributed by atoms with Gasteiger partial charge in [0.2, 0.25) is 5.79 Å². The van der Waals surface area contributed by atoms with Crippen LogP contribution in [0, 0.1) is 40.9 Å². The van der Waals surface area contributed by atoms with E-state index in [1.165, 1.54) is 18.9 Å². The first-order valence-electron chi connectivity index (χ1n) is 26.5. The lowest BCUT2D eigenvalue weighted by Gasteiger charge is -2.42. The maximum Gasteiger partial charge on any atom is 0.329 e. The zero-order valence-corrected chi connectivity index (χ0v) is 45.1. The SMILES string of the molecule is CO[C@H]1C[C@@H]2CC[C@@H](C)[C@@](O)(O2)C(=O)C(=O)N2CCCC[C@H]2C(=O)O[C@H]([C@H](C)C[C@@H]2CC[C@@H](OC(=O)C(C)(CO)CO)[C@H](OC)C2)CC[C@H](C)/C=C(\C)[C@@H](O)[C@@H](OC)C(=O)[C@H](C)C[C@H](C)/C=C/C=C/C=C/1C. The summed E-state index contributed by atoms with van der Waals surface area (Å²) in [7, 11) is 4.55. The number of aliphatic hydroxyl groups is 4. The van der Waals surface area contributed by atoms with Gasteiger partial charge in [0.1, 0.15) is 35.9 Å². The number of piperidine rings is 1. The van der Waals surface area contributed by atoms with Crippen LogP contribution in [-0.4, -0.2) is 150 Å². The van der Waals surface area contributed by atoms with Crippen molar-refractivity contribution in [1.82, 2.24) is 4.90 Å². The van der Waals surface area contributed by atoms with E-state index < -0.39 is 109 Å². The average Bonchev–Trinajstić information content (AvgIpc) is 3.36. The monoisotopic (exact) mass is 1020 g/mol. The highest BCUT2D eigenvalue weighted by Crippen LogP contribution is 2.39. The van der Waals surface area contributed by atoms with Crippen molar-refractivity contribution in [3.05, 3.63) is 47.6 Å². The Morgan fingerprint density at radius 1 is 0.833 bits per heavy atom. The molecule has 3 fully saturated rings. The van der Waals surface area contributed by atoms with Crippen molar-refractivity contribution in [2.45, 2.75) is 193 Å². The van der Waals surface area contributed by atoms with Gasteiger partial charge in [0.15, 0.2) is 5.78 Å². The van der Waals surface area contributed by atoms with Crippen LogP contribution < -0.4 is 0 Å². The summed E-state index contributed by atoms with van der Waals surface area (Å²) < 4.78 is 35.8. The Kier molecular flexibility index (Phi) is 24.0. The molecule has 1 aliphatic carbocycles. The topological polar surface area (TPSA) is 225 Å². The minimum atomic E-state index is -2.42. The Hall–Kier alpha value is -3.61. The summed E-state index contributed by atoms with van der Waals surface area (Å²) in [5, 5.41) is 43.1. The van der Waals surface area contributed by atoms with E-state index in [1.54, 1.807) is 28.1 Å². The van der Waals surface area contributed by atoms with Crippen LogP contribution in [0.25, 0.3) is 0 Å². The number of ketones is 2. The van der Waals surface area contributed by atoms with Gasteiger partial charge in [0.25, 0.3) is 11.7 Å². The third kappa shape index (κ3) is 16.0. The second-order valence-corrected chi connectivity index (χ2v) is 21.9. The molecule has 16 nitrogen and oxygen atoms in total. The minimum absolute atomic E-state index is 0.0415. The molecule has 1 saturated carbocycles. The zero-order chi connectivity index (χ0) is 53.5. The average molecular weight is 1020 g/mol. The van der Waals surface area contributed by atoms with E-state index >= 15 is 0 Å². The predicted molar refractivity (Wildman–Crippen MR) is 271 cm³/mol. The number of allylic oxidation sites excluding steroid dienone is 6. The number of amides is 1. The number of ether oxygens (including phenoxy) is 6. The van der Waals surface area contributed by atoms with E-state index in [-0.39, 0.29) is 42.4 Å². The van der Waals surface area contributed by atoms with Gasteiger partial charge in [-0.1, -0.05) is 71.1 Å². The highest BCUT2D eigenvalue weighted by Gasteiger charge is 2.53. The second-order valence-electron chi connectivity index (χ2n) is 21.9. The van der Waals surface area contributed by atoms with Crippen molar-refractivity contribution in [3.8, 4) is 0 Å². The predicted octanol–water partition coefficient (Wildman–Crippen LogP) is 6.54. The highest BCUT2D eigenvalue weighted by atomic mass is 16.6. The number of nitrogens with zero attached hydrogens (tertiary/aromatic N) is 1. The Morgan fingerprint density at radius 2 is 1.54 bits per heavy atom. The van der Waals surface area contributed by atoms with Crippen LogP contribution in [0.15, 0.2) is 47.6 Å². The van der Waals surface area contributed by atoms with E-state index in [0.29, 0.717) is 82.6 Å². The highest BCUT2D eigenvalue weighted by molar-refractivity contribution is 6.39. The molecule has 3 heterocycles. The number of carbonyl (C=O) groups excluding carboxylic acids is 5. The molecule has 2 saturated heterocycles. The summed E-state index contributed by atoms with van der Waals surface area (Å²) >= 11 is 0. The second kappa shape index (κ2) is 28.3. The van der Waals surface area contributed by atoms with E-state index in [9.17, 15) is 44.4 Å². The lowest BCUT2D eigenvalue weighted by Crippen LogP contribution is -2.61. The van der Waals surface area contributed by atoms with Crippen molar-refractivity contribution in [2.24, 2.45) is 40.9 Å². The summed E-state index contributed by atoms with van der Waals surface area (Å²) in [6, 6.07) is -1.08. The first-order valence-corrected chi connectivity index (χ1v) is 26.5.